The van der Waals surface area contributed by atoms with Crippen LogP contribution in [0.3, 0.4) is 0 Å². The van der Waals surface area contributed by atoms with E-state index in [1.165, 1.54) is 19.4 Å². The second-order valence-corrected chi connectivity index (χ2v) is 5.56. The Bertz CT molecular complexity index is 1050. The SMILES string of the molecule is COc1cc(/C=N\NC(=O)c2cc(-c3ccccc3)n[nH]2)cc([N+](=O)[O-])c1[O-]. The number of hydrogen-bond donors (Lipinski definition) is 2. The van der Waals surface area contributed by atoms with Crippen molar-refractivity contribution in [1.29, 1.82) is 0 Å². The number of hydrogen-bond acceptors (Lipinski definition) is 7. The number of benzene rings is 2. The average molecular weight is 380 g/mol. The van der Waals surface area contributed by atoms with Gasteiger partial charge in [0.15, 0.2) is 0 Å². The Morgan fingerprint density at radius 2 is 2.04 bits per heavy atom. The largest absolute Gasteiger partial charge is 0.865 e. The summed E-state index contributed by atoms with van der Waals surface area (Å²) in [6.07, 6.45) is 1.17. The van der Waals surface area contributed by atoms with Crippen LogP contribution < -0.4 is 15.3 Å². The molecule has 2 N–H and O–H groups in total. The monoisotopic (exact) mass is 380 g/mol. The number of aromatic amines is 1. The molecule has 10 nitrogen and oxygen atoms in total. The van der Waals surface area contributed by atoms with Crippen LogP contribution in [-0.4, -0.2) is 34.4 Å². The van der Waals surface area contributed by atoms with Gasteiger partial charge in [0.05, 0.1) is 23.9 Å². The second-order valence-electron chi connectivity index (χ2n) is 5.56. The first-order valence-electron chi connectivity index (χ1n) is 7.97. The van der Waals surface area contributed by atoms with E-state index in [1.807, 2.05) is 30.3 Å². The number of rotatable bonds is 6. The number of H-pyrrole nitrogens is 1. The fraction of sp³-hybridized carbons (Fsp3) is 0.0556. The van der Waals surface area contributed by atoms with E-state index in [-0.39, 0.29) is 17.0 Å². The molecule has 0 fully saturated rings. The summed E-state index contributed by atoms with van der Waals surface area (Å²) in [5.41, 5.74) is 3.49. The van der Waals surface area contributed by atoms with Gasteiger partial charge in [-0.05, 0) is 12.1 Å². The lowest BCUT2D eigenvalue weighted by Crippen LogP contribution is -2.18. The van der Waals surface area contributed by atoms with Crippen LogP contribution in [0.15, 0.2) is 53.6 Å². The maximum atomic E-state index is 12.2. The number of ether oxygens (including phenoxy) is 1. The summed E-state index contributed by atoms with van der Waals surface area (Å²) >= 11 is 0. The van der Waals surface area contributed by atoms with E-state index in [0.717, 1.165) is 11.6 Å². The lowest BCUT2D eigenvalue weighted by Gasteiger charge is -2.12. The summed E-state index contributed by atoms with van der Waals surface area (Å²) in [5.74, 6) is -1.57. The molecule has 0 atom stereocenters. The highest BCUT2D eigenvalue weighted by Gasteiger charge is 2.13. The van der Waals surface area contributed by atoms with Crippen molar-refractivity contribution in [1.82, 2.24) is 15.6 Å². The predicted octanol–water partition coefficient (Wildman–Crippen LogP) is 1.83. The zero-order chi connectivity index (χ0) is 20.1. The molecule has 0 aliphatic rings. The molecule has 0 radical (unpaired) electrons. The molecule has 2 aromatic carbocycles. The van der Waals surface area contributed by atoms with Crippen LogP contribution in [0.2, 0.25) is 0 Å². The summed E-state index contributed by atoms with van der Waals surface area (Å²) in [4.78, 5) is 22.3. The molecular weight excluding hydrogens is 366 g/mol. The Hall–Kier alpha value is -4.21. The molecule has 3 aromatic rings. The van der Waals surface area contributed by atoms with Crippen molar-refractivity contribution >= 4 is 17.8 Å². The Morgan fingerprint density at radius 1 is 1.29 bits per heavy atom. The number of aromatic nitrogens is 2. The molecule has 1 aromatic heterocycles. The first-order valence-corrected chi connectivity index (χ1v) is 7.97. The van der Waals surface area contributed by atoms with E-state index in [9.17, 15) is 20.0 Å². The van der Waals surface area contributed by atoms with Gasteiger partial charge in [0.25, 0.3) is 11.6 Å². The summed E-state index contributed by atoms with van der Waals surface area (Å²) in [5, 5.41) is 33.2. The van der Waals surface area contributed by atoms with E-state index < -0.39 is 22.3 Å². The van der Waals surface area contributed by atoms with E-state index in [2.05, 4.69) is 20.7 Å². The minimum absolute atomic E-state index is 0.189. The smallest absolute Gasteiger partial charge is 0.289 e. The maximum absolute atomic E-state index is 12.2. The molecule has 3 rings (SSSR count). The molecule has 0 spiro atoms. The third-order valence-corrected chi connectivity index (χ3v) is 3.75. The van der Waals surface area contributed by atoms with Crippen LogP contribution in [0.4, 0.5) is 5.69 Å². The van der Waals surface area contributed by atoms with Crippen molar-refractivity contribution in [2.45, 2.75) is 0 Å². The number of methoxy groups -OCH3 is 1. The summed E-state index contributed by atoms with van der Waals surface area (Å²) in [6.45, 7) is 0. The van der Waals surface area contributed by atoms with Gasteiger partial charge in [0, 0.05) is 22.9 Å². The summed E-state index contributed by atoms with van der Waals surface area (Å²) in [7, 11) is 1.23. The molecule has 10 heteroatoms. The van der Waals surface area contributed by atoms with Gasteiger partial charge >= 0.3 is 0 Å². The Balaban J connectivity index is 1.73. The zero-order valence-electron chi connectivity index (χ0n) is 14.6. The third kappa shape index (κ3) is 3.96. The normalized spacial score (nSPS) is 10.8. The van der Waals surface area contributed by atoms with Gasteiger partial charge in [-0.15, -0.1) is 0 Å². The van der Waals surface area contributed by atoms with Gasteiger partial charge in [-0.3, -0.25) is 20.0 Å². The topological polar surface area (TPSA) is 146 Å². The van der Waals surface area contributed by atoms with Gasteiger partial charge in [-0.2, -0.15) is 10.2 Å². The van der Waals surface area contributed by atoms with Crippen molar-refractivity contribution in [2.75, 3.05) is 7.11 Å². The van der Waals surface area contributed by atoms with Crippen molar-refractivity contribution in [3.05, 3.63) is 69.9 Å². The summed E-state index contributed by atoms with van der Waals surface area (Å²) in [6, 6.07) is 13.2. The van der Waals surface area contributed by atoms with Crippen LogP contribution in [0.5, 0.6) is 11.5 Å². The summed E-state index contributed by atoms with van der Waals surface area (Å²) < 4.78 is 4.84. The van der Waals surface area contributed by atoms with Gasteiger partial charge < -0.3 is 9.84 Å². The number of carbonyl (C=O) groups is 1. The van der Waals surface area contributed by atoms with Crippen LogP contribution in [-0.2, 0) is 0 Å². The van der Waals surface area contributed by atoms with E-state index in [0.29, 0.717) is 5.69 Å². The highest BCUT2D eigenvalue weighted by Crippen LogP contribution is 2.33. The van der Waals surface area contributed by atoms with Crippen molar-refractivity contribution in [2.24, 2.45) is 5.10 Å². The molecule has 142 valence electrons. The first kappa shape index (κ1) is 18.6. The van der Waals surface area contributed by atoms with Gasteiger partial charge in [-0.1, -0.05) is 30.3 Å². The number of nitrogens with one attached hydrogen (secondary N) is 2. The molecule has 28 heavy (non-hydrogen) atoms. The standard InChI is InChI=1S/C18H15N5O5/c1-28-16-8-11(7-15(17(16)24)23(26)27)10-19-22-18(25)14-9-13(20-21-14)12-5-3-2-4-6-12/h2-10,24H,1H3,(H,20,21)(H,22,25)/p-1/b19-10-. The molecule has 0 aliphatic carbocycles. The lowest BCUT2D eigenvalue weighted by molar-refractivity contribution is -0.398. The molecule has 0 saturated carbocycles. The molecule has 1 amide bonds. The fourth-order valence-corrected chi connectivity index (χ4v) is 2.39. The number of nitrogens with zero attached hydrogens (tertiary/aromatic N) is 3. The number of nitro benzene ring substituents is 1. The maximum Gasteiger partial charge on any atom is 0.289 e. The fourth-order valence-electron chi connectivity index (χ4n) is 2.39. The van der Waals surface area contributed by atoms with E-state index in [1.54, 1.807) is 6.07 Å². The molecule has 1 heterocycles. The lowest BCUT2D eigenvalue weighted by atomic mass is 10.1. The third-order valence-electron chi connectivity index (χ3n) is 3.75. The number of hydrazone groups is 1. The minimum Gasteiger partial charge on any atom is -0.865 e. The van der Waals surface area contributed by atoms with Crippen molar-refractivity contribution < 1.29 is 19.6 Å². The van der Waals surface area contributed by atoms with Gasteiger partial charge in [-0.25, -0.2) is 5.43 Å². The van der Waals surface area contributed by atoms with Crippen LogP contribution in [0, 0.1) is 10.1 Å². The quantitative estimate of drug-likeness (QED) is 0.379. The van der Waals surface area contributed by atoms with Crippen LogP contribution in [0.25, 0.3) is 11.3 Å². The Labute approximate surface area is 158 Å². The molecular formula is C18H14N5O5-. The number of carbonyl (C=O) groups excluding carboxylic acids is 1. The average Bonchev–Trinajstić information content (AvgIpc) is 3.19. The van der Waals surface area contributed by atoms with Crippen LogP contribution in [0.1, 0.15) is 16.1 Å². The zero-order valence-corrected chi connectivity index (χ0v) is 14.6. The molecule has 0 bridgehead atoms. The predicted molar refractivity (Wildman–Crippen MR) is 98.2 cm³/mol. The highest BCUT2D eigenvalue weighted by atomic mass is 16.6. The first-order chi connectivity index (χ1) is 13.5. The second kappa shape index (κ2) is 7.99. The van der Waals surface area contributed by atoms with E-state index >= 15 is 0 Å². The molecule has 0 aliphatic heterocycles. The van der Waals surface area contributed by atoms with E-state index in [4.69, 9.17) is 4.74 Å². The Morgan fingerprint density at radius 3 is 2.71 bits per heavy atom. The van der Waals surface area contributed by atoms with Crippen molar-refractivity contribution in [3.63, 3.8) is 0 Å². The minimum atomic E-state index is -0.834. The van der Waals surface area contributed by atoms with Crippen LogP contribution >= 0.6 is 0 Å². The molecule has 0 saturated heterocycles. The van der Waals surface area contributed by atoms with Crippen molar-refractivity contribution in [3.8, 4) is 22.8 Å². The number of nitro groups is 1. The van der Waals surface area contributed by atoms with Gasteiger partial charge in [0.1, 0.15) is 11.4 Å². The molecule has 0 unspecified atom stereocenters. The number of amides is 1. The highest BCUT2D eigenvalue weighted by molar-refractivity contribution is 5.94. The van der Waals surface area contributed by atoms with Gasteiger partial charge in [0.2, 0.25) is 0 Å². The Kier molecular flexibility index (Phi) is 5.30.